The van der Waals surface area contributed by atoms with Gasteiger partial charge in [-0.05, 0) is 25.1 Å². The van der Waals surface area contributed by atoms with Gasteiger partial charge in [0.25, 0.3) is 0 Å². The highest BCUT2D eigenvalue weighted by Crippen LogP contribution is 2.26. The number of ether oxygens (including phenoxy) is 1. The average Bonchev–Trinajstić information content (AvgIpc) is 2.48. The molecule has 0 bridgehead atoms. The molecule has 0 aliphatic rings. The molecule has 112 valence electrons. The Morgan fingerprint density at radius 3 is 2.62 bits per heavy atom. The van der Waals surface area contributed by atoms with E-state index in [2.05, 4.69) is 12.2 Å². The lowest BCUT2D eigenvalue weighted by Crippen LogP contribution is -2.13. The van der Waals surface area contributed by atoms with Crippen LogP contribution in [0.1, 0.15) is 23.6 Å². The van der Waals surface area contributed by atoms with E-state index < -0.39 is 5.82 Å². The van der Waals surface area contributed by atoms with Gasteiger partial charge in [-0.2, -0.15) is 0 Å². The van der Waals surface area contributed by atoms with Gasteiger partial charge in [-0.25, -0.2) is 4.39 Å². The molecule has 0 saturated carbocycles. The van der Waals surface area contributed by atoms with Crippen LogP contribution in [-0.4, -0.2) is 6.54 Å². The Balaban J connectivity index is 2.17. The summed E-state index contributed by atoms with van der Waals surface area (Å²) in [5.41, 5.74) is 2.56. The Morgan fingerprint density at radius 2 is 1.86 bits per heavy atom. The minimum Gasteiger partial charge on any atom is -0.488 e. The summed E-state index contributed by atoms with van der Waals surface area (Å²) < 4.78 is 19.7. The number of nitrogens with one attached hydrogen (secondary N) is 1. The van der Waals surface area contributed by atoms with Gasteiger partial charge in [-0.15, -0.1) is 0 Å². The first-order valence-corrected chi connectivity index (χ1v) is 7.36. The molecule has 2 nitrogen and oxygen atoms in total. The fourth-order valence-corrected chi connectivity index (χ4v) is 2.32. The van der Waals surface area contributed by atoms with Crippen LogP contribution in [0.25, 0.3) is 0 Å². The predicted octanol–water partition coefficient (Wildman–Crippen LogP) is 4.48. The molecular weight excluding hydrogens is 289 g/mol. The maximum Gasteiger partial charge on any atom is 0.148 e. The van der Waals surface area contributed by atoms with Gasteiger partial charge in [-0.1, -0.05) is 48.9 Å². The number of rotatable bonds is 6. The Bertz CT molecular complexity index is 616. The topological polar surface area (TPSA) is 21.3 Å². The Labute approximate surface area is 129 Å². The number of benzene rings is 2. The number of hydrogen-bond acceptors (Lipinski definition) is 2. The van der Waals surface area contributed by atoms with Crippen molar-refractivity contribution in [2.45, 2.75) is 27.0 Å². The molecule has 0 amide bonds. The minimum absolute atomic E-state index is 0.119. The molecule has 0 fully saturated rings. The molecule has 0 unspecified atom stereocenters. The van der Waals surface area contributed by atoms with Crippen LogP contribution in [0.2, 0.25) is 5.02 Å². The van der Waals surface area contributed by atoms with E-state index in [9.17, 15) is 4.39 Å². The van der Waals surface area contributed by atoms with Crippen molar-refractivity contribution in [2.24, 2.45) is 0 Å². The number of hydrogen-bond donors (Lipinski definition) is 1. The third kappa shape index (κ3) is 3.96. The van der Waals surface area contributed by atoms with Crippen LogP contribution < -0.4 is 10.1 Å². The number of aryl methyl sites for hydroxylation is 1. The van der Waals surface area contributed by atoms with Crippen molar-refractivity contribution in [3.8, 4) is 5.75 Å². The molecule has 0 aliphatic heterocycles. The van der Waals surface area contributed by atoms with Gasteiger partial charge < -0.3 is 10.1 Å². The third-order valence-corrected chi connectivity index (χ3v) is 3.55. The predicted molar refractivity (Wildman–Crippen MR) is 84.3 cm³/mol. The van der Waals surface area contributed by atoms with Crippen LogP contribution in [0.4, 0.5) is 4.39 Å². The SMILES string of the molecule is CCNCc1cccc(C)c1OCc1cccc(Cl)c1F. The fourth-order valence-electron chi connectivity index (χ4n) is 2.13. The zero-order valence-electron chi connectivity index (χ0n) is 12.2. The molecule has 0 heterocycles. The lowest BCUT2D eigenvalue weighted by atomic mass is 10.1. The van der Waals surface area contributed by atoms with E-state index in [1.54, 1.807) is 12.1 Å². The second-order valence-corrected chi connectivity index (χ2v) is 5.25. The zero-order valence-corrected chi connectivity index (χ0v) is 13.0. The second kappa shape index (κ2) is 7.43. The first-order valence-electron chi connectivity index (χ1n) is 6.98. The van der Waals surface area contributed by atoms with E-state index in [0.717, 1.165) is 30.0 Å². The maximum absolute atomic E-state index is 13.9. The summed E-state index contributed by atoms with van der Waals surface area (Å²) in [6.07, 6.45) is 0. The normalized spacial score (nSPS) is 10.7. The van der Waals surface area contributed by atoms with Crippen molar-refractivity contribution in [2.75, 3.05) is 6.54 Å². The summed E-state index contributed by atoms with van der Waals surface area (Å²) in [5, 5.41) is 3.39. The highest BCUT2D eigenvalue weighted by Gasteiger charge is 2.10. The molecule has 0 spiro atoms. The van der Waals surface area contributed by atoms with Gasteiger partial charge in [0.1, 0.15) is 18.2 Å². The van der Waals surface area contributed by atoms with Crippen LogP contribution in [0.5, 0.6) is 5.75 Å². The van der Waals surface area contributed by atoms with E-state index in [4.69, 9.17) is 16.3 Å². The maximum atomic E-state index is 13.9. The molecule has 1 N–H and O–H groups in total. The lowest BCUT2D eigenvalue weighted by molar-refractivity contribution is 0.294. The van der Waals surface area contributed by atoms with Gasteiger partial charge in [0.15, 0.2) is 0 Å². The Morgan fingerprint density at radius 1 is 1.14 bits per heavy atom. The number of halogens is 2. The molecule has 2 aromatic carbocycles. The summed E-state index contributed by atoms with van der Waals surface area (Å²) in [6, 6.07) is 10.9. The van der Waals surface area contributed by atoms with Gasteiger partial charge in [0, 0.05) is 17.7 Å². The van der Waals surface area contributed by atoms with Gasteiger partial charge in [-0.3, -0.25) is 0 Å². The van der Waals surface area contributed by atoms with Gasteiger partial charge in [0.2, 0.25) is 0 Å². The zero-order chi connectivity index (χ0) is 15.2. The third-order valence-electron chi connectivity index (χ3n) is 3.26. The molecule has 2 aromatic rings. The van der Waals surface area contributed by atoms with E-state index in [1.807, 2.05) is 25.1 Å². The Kier molecular flexibility index (Phi) is 5.59. The van der Waals surface area contributed by atoms with Crippen LogP contribution in [0, 0.1) is 12.7 Å². The quantitative estimate of drug-likeness (QED) is 0.850. The smallest absolute Gasteiger partial charge is 0.148 e. The fraction of sp³-hybridized carbons (Fsp3) is 0.294. The average molecular weight is 308 g/mol. The summed E-state index contributed by atoms with van der Waals surface area (Å²) in [7, 11) is 0. The molecular formula is C17H19ClFNO. The molecule has 0 radical (unpaired) electrons. The molecule has 0 aliphatic carbocycles. The van der Waals surface area contributed by atoms with Crippen molar-refractivity contribution in [3.63, 3.8) is 0 Å². The largest absolute Gasteiger partial charge is 0.488 e. The summed E-state index contributed by atoms with van der Waals surface area (Å²) in [6.45, 7) is 5.81. The second-order valence-electron chi connectivity index (χ2n) is 4.85. The summed E-state index contributed by atoms with van der Waals surface area (Å²) in [5.74, 6) is 0.388. The summed E-state index contributed by atoms with van der Waals surface area (Å²) in [4.78, 5) is 0. The Hall–Kier alpha value is -1.58. The van der Waals surface area contributed by atoms with Crippen molar-refractivity contribution < 1.29 is 9.13 Å². The molecule has 0 atom stereocenters. The molecule has 0 aromatic heterocycles. The van der Waals surface area contributed by atoms with Crippen molar-refractivity contribution in [3.05, 3.63) is 63.9 Å². The molecule has 2 rings (SSSR count). The van der Waals surface area contributed by atoms with Crippen LogP contribution in [0.3, 0.4) is 0 Å². The van der Waals surface area contributed by atoms with E-state index >= 15 is 0 Å². The standard InChI is InChI=1S/C17H19ClFNO/c1-3-20-10-13-7-4-6-12(2)17(13)21-11-14-8-5-9-15(18)16(14)19/h4-9,20H,3,10-11H2,1-2H3. The molecule has 21 heavy (non-hydrogen) atoms. The summed E-state index contributed by atoms with van der Waals surface area (Å²) >= 11 is 5.79. The molecule has 4 heteroatoms. The first kappa shape index (κ1) is 15.8. The van der Waals surface area contributed by atoms with Crippen molar-refractivity contribution >= 4 is 11.6 Å². The van der Waals surface area contributed by atoms with Crippen LogP contribution in [-0.2, 0) is 13.2 Å². The molecule has 0 saturated heterocycles. The van der Waals surface area contributed by atoms with Crippen LogP contribution >= 0.6 is 11.6 Å². The van der Waals surface area contributed by atoms with Crippen LogP contribution in [0.15, 0.2) is 36.4 Å². The minimum atomic E-state index is -0.416. The van der Waals surface area contributed by atoms with E-state index in [-0.39, 0.29) is 11.6 Å². The van der Waals surface area contributed by atoms with Gasteiger partial charge in [0.05, 0.1) is 5.02 Å². The lowest BCUT2D eigenvalue weighted by Gasteiger charge is -2.15. The highest BCUT2D eigenvalue weighted by atomic mass is 35.5. The monoisotopic (exact) mass is 307 g/mol. The highest BCUT2D eigenvalue weighted by molar-refractivity contribution is 6.30. The van der Waals surface area contributed by atoms with E-state index in [1.165, 1.54) is 6.07 Å². The van der Waals surface area contributed by atoms with Crippen molar-refractivity contribution in [1.82, 2.24) is 5.32 Å². The van der Waals surface area contributed by atoms with E-state index in [0.29, 0.717) is 5.56 Å². The van der Waals surface area contributed by atoms with Gasteiger partial charge >= 0.3 is 0 Å². The first-order chi connectivity index (χ1) is 10.1. The number of para-hydroxylation sites is 1. The van der Waals surface area contributed by atoms with Crippen molar-refractivity contribution in [1.29, 1.82) is 0 Å².